The Morgan fingerprint density at radius 2 is 2.08 bits per heavy atom. The highest BCUT2D eigenvalue weighted by atomic mass is 79.9. The molecular formula is C11H12BrCl. The minimum atomic E-state index is 1.01. The second-order valence-electron chi connectivity index (χ2n) is 3.50. The fourth-order valence-electron chi connectivity index (χ4n) is 2.00. The fraction of sp³-hybridized carbons (Fsp3) is 0.455. The van der Waals surface area contributed by atoms with Gasteiger partial charge in [-0.15, -0.1) is 0 Å². The van der Waals surface area contributed by atoms with Crippen molar-refractivity contribution in [3.05, 3.63) is 32.3 Å². The first-order valence-electron chi connectivity index (χ1n) is 4.72. The summed E-state index contributed by atoms with van der Waals surface area (Å²) in [6.07, 6.45) is 4.60. The largest absolute Gasteiger partial charge is 0.0837 e. The van der Waals surface area contributed by atoms with Crippen molar-refractivity contribution >= 4 is 27.5 Å². The molecular weight excluding hydrogens is 247 g/mol. The molecule has 0 bridgehead atoms. The molecule has 0 amide bonds. The Kier molecular flexibility index (Phi) is 2.66. The van der Waals surface area contributed by atoms with Crippen molar-refractivity contribution in [3.8, 4) is 0 Å². The van der Waals surface area contributed by atoms with Gasteiger partial charge in [-0.05, 0) is 48.4 Å². The lowest BCUT2D eigenvalue weighted by atomic mass is 10.0. The van der Waals surface area contributed by atoms with Crippen LogP contribution < -0.4 is 0 Å². The molecule has 0 radical (unpaired) electrons. The van der Waals surface area contributed by atoms with Crippen LogP contribution in [0.1, 0.15) is 30.0 Å². The first-order chi connectivity index (χ1) is 6.24. The van der Waals surface area contributed by atoms with Gasteiger partial charge in [-0.25, -0.2) is 0 Å². The molecule has 0 N–H and O–H groups in total. The molecule has 2 rings (SSSR count). The number of fused-ring (bicyclic) bond motifs is 1. The summed E-state index contributed by atoms with van der Waals surface area (Å²) in [5.74, 6) is 0. The van der Waals surface area contributed by atoms with Gasteiger partial charge in [0.05, 0.1) is 0 Å². The lowest BCUT2D eigenvalue weighted by molar-refractivity contribution is 0.910. The normalized spacial score (nSPS) is 14.7. The standard InChI is InChI=1S/C11H12BrCl/c1-2-7-6-10(12)8-4-3-5-9(8)11(7)13/h6H,2-5H2,1H3. The summed E-state index contributed by atoms with van der Waals surface area (Å²) in [7, 11) is 0. The van der Waals surface area contributed by atoms with E-state index >= 15 is 0 Å². The highest BCUT2D eigenvalue weighted by molar-refractivity contribution is 9.10. The zero-order chi connectivity index (χ0) is 9.42. The molecule has 0 aliphatic heterocycles. The maximum absolute atomic E-state index is 6.31. The summed E-state index contributed by atoms with van der Waals surface area (Å²) < 4.78 is 1.25. The lowest BCUT2D eigenvalue weighted by Gasteiger charge is -2.09. The number of hydrogen-bond donors (Lipinski definition) is 0. The number of rotatable bonds is 1. The van der Waals surface area contributed by atoms with Gasteiger partial charge in [-0.2, -0.15) is 0 Å². The highest BCUT2D eigenvalue weighted by Gasteiger charge is 2.18. The monoisotopic (exact) mass is 258 g/mol. The number of hydrogen-bond acceptors (Lipinski definition) is 0. The Bertz CT molecular complexity index is 344. The molecule has 0 nitrogen and oxygen atoms in total. The van der Waals surface area contributed by atoms with Crippen LogP contribution in [0.25, 0.3) is 0 Å². The number of aryl methyl sites for hydroxylation is 1. The van der Waals surface area contributed by atoms with E-state index in [0.717, 1.165) is 17.9 Å². The molecule has 70 valence electrons. The minimum absolute atomic E-state index is 1.01. The average Bonchev–Trinajstić information content (AvgIpc) is 2.60. The van der Waals surface area contributed by atoms with Crippen molar-refractivity contribution in [2.75, 3.05) is 0 Å². The first kappa shape index (κ1) is 9.54. The molecule has 1 aromatic carbocycles. The second-order valence-corrected chi connectivity index (χ2v) is 4.73. The summed E-state index contributed by atoms with van der Waals surface area (Å²) in [5.41, 5.74) is 4.09. The average molecular weight is 260 g/mol. The zero-order valence-electron chi connectivity index (χ0n) is 7.66. The van der Waals surface area contributed by atoms with Gasteiger partial charge >= 0.3 is 0 Å². The Morgan fingerprint density at radius 3 is 2.77 bits per heavy atom. The van der Waals surface area contributed by atoms with E-state index in [-0.39, 0.29) is 0 Å². The van der Waals surface area contributed by atoms with Gasteiger partial charge in [-0.3, -0.25) is 0 Å². The van der Waals surface area contributed by atoms with Crippen LogP contribution in [0.4, 0.5) is 0 Å². The third-order valence-electron chi connectivity index (χ3n) is 2.73. The van der Waals surface area contributed by atoms with Gasteiger partial charge < -0.3 is 0 Å². The molecule has 0 saturated carbocycles. The third-order valence-corrected chi connectivity index (χ3v) is 3.91. The first-order valence-corrected chi connectivity index (χ1v) is 5.89. The summed E-state index contributed by atoms with van der Waals surface area (Å²) in [6, 6.07) is 2.17. The molecule has 1 aliphatic carbocycles. The zero-order valence-corrected chi connectivity index (χ0v) is 10.0. The summed E-state index contributed by atoms with van der Waals surface area (Å²) in [5, 5.41) is 1.01. The van der Waals surface area contributed by atoms with E-state index in [1.807, 2.05) is 0 Å². The van der Waals surface area contributed by atoms with Crippen LogP contribution in [0, 0.1) is 0 Å². The highest BCUT2D eigenvalue weighted by Crippen LogP contribution is 2.36. The van der Waals surface area contributed by atoms with Gasteiger partial charge in [0, 0.05) is 9.50 Å². The second kappa shape index (κ2) is 3.62. The molecule has 0 unspecified atom stereocenters. The van der Waals surface area contributed by atoms with E-state index < -0.39 is 0 Å². The van der Waals surface area contributed by atoms with E-state index in [4.69, 9.17) is 11.6 Å². The van der Waals surface area contributed by atoms with Gasteiger partial charge in [0.2, 0.25) is 0 Å². The maximum atomic E-state index is 6.31. The Hall–Kier alpha value is -0.0100. The quantitative estimate of drug-likeness (QED) is 0.711. The summed E-state index contributed by atoms with van der Waals surface area (Å²) in [4.78, 5) is 0. The molecule has 0 heterocycles. The Morgan fingerprint density at radius 1 is 1.38 bits per heavy atom. The van der Waals surface area contributed by atoms with E-state index in [1.54, 1.807) is 0 Å². The summed E-state index contributed by atoms with van der Waals surface area (Å²) >= 11 is 9.92. The van der Waals surface area contributed by atoms with E-state index in [2.05, 4.69) is 28.9 Å². The molecule has 1 aliphatic rings. The van der Waals surface area contributed by atoms with Crippen molar-refractivity contribution in [1.82, 2.24) is 0 Å². The lowest BCUT2D eigenvalue weighted by Crippen LogP contribution is -1.92. The van der Waals surface area contributed by atoms with E-state index in [1.165, 1.54) is 34.0 Å². The van der Waals surface area contributed by atoms with Crippen LogP contribution in [0.3, 0.4) is 0 Å². The van der Waals surface area contributed by atoms with Crippen LogP contribution in [0.5, 0.6) is 0 Å². The third kappa shape index (κ3) is 1.53. The van der Waals surface area contributed by atoms with Crippen LogP contribution in [-0.4, -0.2) is 0 Å². The van der Waals surface area contributed by atoms with Crippen molar-refractivity contribution in [2.24, 2.45) is 0 Å². The van der Waals surface area contributed by atoms with Crippen molar-refractivity contribution in [1.29, 1.82) is 0 Å². The van der Waals surface area contributed by atoms with Gasteiger partial charge in [-0.1, -0.05) is 34.5 Å². The van der Waals surface area contributed by atoms with Crippen molar-refractivity contribution in [3.63, 3.8) is 0 Å². The molecule has 2 heteroatoms. The van der Waals surface area contributed by atoms with Crippen molar-refractivity contribution in [2.45, 2.75) is 32.6 Å². The molecule has 0 aromatic heterocycles. The predicted molar refractivity (Wildman–Crippen MR) is 60.6 cm³/mol. The topological polar surface area (TPSA) is 0 Å². The van der Waals surface area contributed by atoms with Gasteiger partial charge in [0.15, 0.2) is 0 Å². The van der Waals surface area contributed by atoms with Crippen LogP contribution >= 0.6 is 27.5 Å². The molecule has 0 fully saturated rings. The van der Waals surface area contributed by atoms with E-state index in [0.29, 0.717) is 0 Å². The van der Waals surface area contributed by atoms with Crippen LogP contribution in [-0.2, 0) is 19.3 Å². The molecule has 0 spiro atoms. The van der Waals surface area contributed by atoms with Gasteiger partial charge in [0.25, 0.3) is 0 Å². The van der Waals surface area contributed by atoms with Crippen LogP contribution in [0.15, 0.2) is 10.5 Å². The predicted octanol–water partition coefficient (Wildman–Crippen LogP) is 4.15. The van der Waals surface area contributed by atoms with Crippen LogP contribution in [0.2, 0.25) is 5.02 Å². The Balaban J connectivity index is 2.62. The molecule has 1 aromatic rings. The minimum Gasteiger partial charge on any atom is -0.0837 e. The molecule has 0 saturated heterocycles. The Labute approximate surface area is 92.4 Å². The molecule has 0 atom stereocenters. The smallest absolute Gasteiger partial charge is 0.0473 e. The SMILES string of the molecule is CCc1cc(Br)c2c(c1Cl)CCC2. The number of halogens is 2. The molecule has 13 heavy (non-hydrogen) atoms. The van der Waals surface area contributed by atoms with Gasteiger partial charge in [0.1, 0.15) is 0 Å². The number of benzene rings is 1. The summed E-state index contributed by atoms with van der Waals surface area (Å²) in [6.45, 7) is 2.15. The van der Waals surface area contributed by atoms with Crippen molar-refractivity contribution < 1.29 is 0 Å². The van der Waals surface area contributed by atoms with E-state index in [9.17, 15) is 0 Å². The maximum Gasteiger partial charge on any atom is 0.0473 e. The fourth-order valence-corrected chi connectivity index (χ4v) is 3.11.